The van der Waals surface area contributed by atoms with Gasteiger partial charge in [0, 0.05) is 17.9 Å². The van der Waals surface area contributed by atoms with E-state index in [0.29, 0.717) is 0 Å². The van der Waals surface area contributed by atoms with Crippen LogP contribution in [0.15, 0.2) is 18.2 Å². The molecule has 1 rings (SSSR count). The third-order valence-corrected chi connectivity index (χ3v) is 2.83. The first-order valence-electron chi connectivity index (χ1n) is 5.19. The van der Waals surface area contributed by atoms with Crippen LogP contribution in [0, 0.1) is 0 Å². The van der Waals surface area contributed by atoms with Gasteiger partial charge in [0.05, 0.1) is 7.11 Å². The summed E-state index contributed by atoms with van der Waals surface area (Å²) in [6.45, 7) is -0.115. The van der Waals surface area contributed by atoms with Gasteiger partial charge in [-0.2, -0.15) is 13.2 Å². The third-order valence-electron chi connectivity index (χ3n) is 2.09. The number of methoxy groups -OCH3 is 1. The van der Waals surface area contributed by atoms with Crippen molar-refractivity contribution in [2.24, 2.45) is 0 Å². The van der Waals surface area contributed by atoms with E-state index in [0.717, 1.165) is 0 Å². The molecule has 0 aromatic heterocycles. The second-order valence-corrected chi connectivity index (χ2v) is 4.60. The van der Waals surface area contributed by atoms with Gasteiger partial charge in [0.1, 0.15) is 0 Å². The van der Waals surface area contributed by atoms with Gasteiger partial charge in [-0.05, 0) is 30.0 Å². The summed E-state index contributed by atoms with van der Waals surface area (Å²) >= 11 is -0.204. The van der Waals surface area contributed by atoms with Crippen molar-refractivity contribution in [3.8, 4) is 11.5 Å². The lowest BCUT2D eigenvalue weighted by Crippen LogP contribution is -2.26. The second-order valence-electron chi connectivity index (χ2n) is 3.44. The Morgan fingerprint density at radius 3 is 2.68 bits per heavy atom. The van der Waals surface area contributed by atoms with Crippen molar-refractivity contribution in [2.45, 2.75) is 5.51 Å². The molecular weight excluding hydrogens is 283 g/mol. The number of aromatic hydroxyl groups is 1. The predicted octanol–water partition coefficient (Wildman–Crippen LogP) is 2.38. The lowest BCUT2D eigenvalue weighted by molar-refractivity contribution is -0.0327. The van der Waals surface area contributed by atoms with Crippen LogP contribution in [0.1, 0.15) is 10.4 Å². The number of carbonyl (C=O) groups is 1. The smallest absolute Gasteiger partial charge is 0.441 e. The Morgan fingerprint density at radius 1 is 1.47 bits per heavy atom. The van der Waals surface area contributed by atoms with Gasteiger partial charge in [0.2, 0.25) is 0 Å². The van der Waals surface area contributed by atoms with Crippen molar-refractivity contribution in [3.05, 3.63) is 23.8 Å². The molecule has 0 aliphatic rings. The molecule has 8 heteroatoms. The van der Waals surface area contributed by atoms with Crippen LogP contribution < -0.4 is 10.1 Å². The first kappa shape index (κ1) is 15.5. The number of phenols is 1. The van der Waals surface area contributed by atoms with Gasteiger partial charge < -0.3 is 15.2 Å². The summed E-state index contributed by atoms with van der Waals surface area (Å²) in [5.41, 5.74) is -4.15. The Morgan fingerprint density at radius 2 is 2.16 bits per heavy atom. The Balaban J connectivity index is 2.48. The van der Waals surface area contributed by atoms with E-state index >= 15 is 0 Å². The fourth-order valence-corrected chi connectivity index (χ4v) is 1.70. The molecule has 0 unspecified atom stereocenters. The first-order chi connectivity index (χ1) is 8.83. The Hall–Kier alpha value is -1.57. The molecule has 0 aliphatic heterocycles. The number of ether oxygens (including phenoxy) is 1. The van der Waals surface area contributed by atoms with Crippen LogP contribution in [-0.4, -0.2) is 35.9 Å². The zero-order valence-electron chi connectivity index (χ0n) is 9.95. The summed E-state index contributed by atoms with van der Waals surface area (Å²) in [6, 6.07) is 3.99. The Kier molecular flexibility index (Phi) is 5.34. The summed E-state index contributed by atoms with van der Waals surface area (Å²) in [7, 11) is 1.36. The van der Waals surface area contributed by atoms with Crippen LogP contribution in [0.3, 0.4) is 0 Å². The summed E-state index contributed by atoms with van der Waals surface area (Å²) in [4.78, 5) is 11.6. The minimum absolute atomic E-state index is 0.115. The molecule has 2 N–H and O–H groups in total. The number of rotatable bonds is 5. The highest BCUT2D eigenvalue weighted by atomic mass is 32.2. The summed E-state index contributed by atoms with van der Waals surface area (Å²) in [5, 5.41) is 11.8. The molecule has 0 aliphatic carbocycles. The molecule has 0 bridgehead atoms. The minimum Gasteiger partial charge on any atom is -0.504 e. The second kappa shape index (κ2) is 6.55. The van der Waals surface area contributed by atoms with E-state index in [1.165, 1.54) is 25.3 Å². The molecule has 1 aromatic rings. The van der Waals surface area contributed by atoms with Crippen molar-refractivity contribution in [2.75, 3.05) is 19.4 Å². The van der Waals surface area contributed by atoms with Crippen LogP contribution in [0.4, 0.5) is 13.2 Å². The van der Waals surface area contributed by atoms with Crippen LogP contribution in [-0.2, 0) is 0 Å². The Labute approximate surface area is 111 Å². The van der Waals surface area contributed by atoms with Crippen LogP contribution in [0.5, 0.6) is 11.5 Å². The van der Waals surface area contributed by atoms with E-state index in [9.17, 15) is 23.1 Å². The summed E-state index contributed by atoms with van der Waals surface area (Å²) < 4.78 is 40.3. The molecule has 106 valence electrons. The lowest BCUT2D eigenvalue weighted by Gasteiger charge is -2.08. The number of hydrogen-bond acceptors (Lipinski definition) is 4. The molecule has 0 atom stereocenters. The van der Waals surface area contributed by atoms with Gasteiger partial charge in [-0.25, -0.2) is 0 Å². The molecule has 0 saturated carbocycles. The van der Waals surface area contributed by atoms with E-state index in [1.807, 2.05) is 0 Å². The standard InChI is InChI=1S/C11H12F3NO3S/c1-18-9-3-2-7(6-8(9)16)10(17)15-4-5-19-11(12,13)14/h2-3,6,16H,4-5H2,1H3,(H,15,17). The monoisotopic (exact) mass is 295 g/mol. The van der Waals surface area contributed by atoms with Gasteiger partial charge in [-0.3, -0.25) is 4.79 Å². The summed E-state index contributed by atoms with van der Waals surface area (Å²) in [6.07, 6.45) is 0. The van der Waals surface area contributed by atoms with Gasteiger partial charge in [0.15, 0.2) is 11.5 Å². The fourth-order valence-electron chi connectivity index (χ4n) is 1.26. The van der Waals surface area contributed by atoms with Crippen LogP contribution in [0.25, 0.3) is 0 Å². The molecule has 0 heterocycles. The molecule has 1 amide bonds. The number of hydrogen-bond donors (Lipinski definition) is 2. The number of carbonyl (C=O) groups excluding carboxylic acids is 1. The number of thioether (sulfide) groups is 1. The molecule has 0 saturated heterocycles. The van der Waals surface area contributed by atoms with Gasteiger partial charge in [0.25, 0.3) is 5.91 Å². The molecular formula is C11H12F3NO3S. The third kappa shape index (κ3) is 5.29. The quantitative estimate of drug-likeness (QED) is 0.819. The summed E-state index contributed by atoms with van der Waals surface area (Å²) in [5.74, 6) is -0.818. The molecule has 4 nitrogen and oxygen atoms in total. The zero-order valence-corrected chi connectivity index (χ0v) is 10.8. The number of halogens is 3. The lowest BCUT2D eigenvalue weighted by atomic mass is 10.2. The predicted molar refractivity (Wildman–Crippen MR) is 65.5 cm³/mol. The number of nitrogens with one attached hydrogen (secondary N) is 1. The number of amides is 1. The van der Waals surface area contributed by atoms with Crippen molar-refractivity contribution in [1.82, 2.24) is 5.32 Å². The molecule has 0 fully saturated rings. The zero-order chi connectivity index (χ0) is 14.5. The van der Waals surface area contributed by atoms with Gasteiger partial charge in [-0.15, -0.1) is 0 Å². The SMILES string of the molecule is COc1ccc(C(=O)NCCSC(F)(F)F)cc1O. The highest BCUT2D eigenvalue weighted by Crippen LogP contribution is 2.29. The van der Waals surface area contributed by atoms with E-state index < -0.39 is 11.4 Å². The number of phenolic OH excluding ortho intramolecular Hbond substituents is 1. The average molecular weight is 295 g/mol. The van der Waals surface area contributed by atoms with Crippen molar-refractivity contribution in [1.29, 1.82) is 0 Å². The van der Waals surface area contributed by atoms with E-state index in [1.54, 1.807) is 0 Å². The Bertz CT molecular complexity index is 451. The fraction of sp³-hybridized carbons (Fsp3) is 0.364. The highest BCUT2D eigenvalue weighted by molar-refractivity contribution is 8.00. The normalized spacial score (nSPS) is 11.2. The first-order valence-corrected chi connectivity index (χ1v) is 6.18. The van der Waals surface area contributed by atoms with Crippen molar-refractivity contribution < 1.29 is 27.8 Å². The van der Waals surface area contributed by atoms with E-state index in [-0.39, 0.29) is 41.1 Å². The van der Waals surface area contributed by atoms with Gasteiger partial charge >= 0.3 is 5.51 Å². The molecule has 0 radical (unpaired) electrons. The van der Waals surface area contributed by atoms with Gasteiger partial charge in [-0.1, -0.05) is 0 Å². The maximum Gasteiger partial charge on any atom is 0.441 e. The largest absolute Gasteiger partial charge is 0.504 e. The van der Waals surface area contributed by atoms with Crippen LogP contribution in [0.2, 0.25) is 0 Å². The maximum atomic E-state index is 11.8. The maximum absolute atomic E-state index is 11.8. The van der Waals surface area contributed by atoms with E-state index in [2.05, 4.69) is 5.32 Å². The number of alkyl halides is 3. The van der Waals surface area contributed by atoms with Crippen LogP contribution >= 0.6 is 11.8 Å². The topological polar surface area (TPSA) is 58.6 Å². The highest BCUT2D eigenvalue weighted by Gasteiger charge is 2.27. The van der Waals surface area contributed by atoms with Crippen molar-refractivity contribution >= 4 is 17.7 Å². The minimum atomic E-state index is -4.30. The average Bonchev–Trinajstić information content (AvgIpc) is 2.33. The number of benzene rings is 1. The molecule has 19 heavy (non-hydrogen) atoms. The van der Waals surface area contributed by atoms with Crippen molar-refractivity contribution in [3.63, 3.8) is 0 Å². The van der Waals surface area contributed by atoms with E-state index in [4.69, 9.17) is 4.74 Å². The molecule has 1 aromatic carbocycles. The molecule has 0 spiro atoms.